The predicted molar refractivity (Wildman–Crippen MR) is 129 cm³/mol. The molecule has 1 aromatic carbocycles. The predicted octanol–water partition coefficient (Wildman–Crippen LogP) is 4.28. The molecule has 0 bridgehead atoms. The first-order valence-corrected chi connectivity index (χ1v) is 12.8. The van der Waals surface area contributed by atoms with E-state index in [0.717, 1.165) is 56.2 Å². The molecule has 1 aliphatic rings. The average Bonchev–Trinajstić information content (AvgIpc) is 3.29. The largest absolute Gasteiger partial charge is 0.433 e. The molecule has 12 heteroatoms. The number of pyridine rings is 1. The van der Waals surface area contributed by atoms with Crippen molar-refractivity contribution in [2.75, 3.05) is 16.3 Å². The van der Waals surface area contributed by atoms with Crippen LogP contribution in [0.15, 0.2) is 30.3 Å². The van der Waals surface area contributed by atoms with Crippen LogP contribution in [0.2, 0.25) is 0 Å². The van der Waals surface area contributed by atoms with Crippen LogP contribution < -0.4 is 15.4 Å². The highest BCUT2D eigenvalue weighted by Crippen LogP contribution is 2.31. The van der Waals surface area contributed by atoms with E-state index in [0.29, 0.717) is 0 Å². The van der Waals surface area contributed by atoms with E-state index in [2.05, 4.69) is 26.3 Å². The van der Waals surface area contributed by atoms with Gasteiger partial charge in [-0.15, -0.1) is 6.42 Å². The average molecular weight is 525 g/mol. The lowest BCUT2D eigenvalue weighted by Gasteiger charge is -2.17. The van der Waals surface area contributed by atoms with Crippen molar-refractivity contribution in [3.63, 3.8) is 0 Å². The summed E-state index contributed by atoms with van der Waals surface area (Å²) < 4.78 is 79.0. The van der Waals surface area contributed by atoms with Crippen LogP contribution in [0.5, 0.6) is 0 Å². The Balaban J connectivity index is 1.79. The van der Waals surface area contributed by atoms with Crippen molar-refractivity contribution in [2.24, 2.45) is 0 Å². The molecule has 36 heavy (non-hydrogen) atoms. The standard InChI is InChI=1S/C24H24F4N4O3S/c1-3-15-12-18(25)13-17(22(15)32-36(2,34)35)14-29-21(33)11-9-16-8-10-20(24(26,27)28)31-23(16)30-19-6-4-5-7-19/h1,8-13,19,32H,4-7,14H2,2H3,(H,29,33)(H,30,31). The number of rotatable bonds is 8. The van der Waals surface area contributed by atoms with Gasteiger partial charge in [-0.3, -0.25) is 9.52 Å². The Hall–Kier alpha value is -3.59. The van der Waals surface area contributed by atoms with Crippen LogP contribution in [0.3, 0.4) is 0 Å². The van der Waals surface area contributed by atoms with Gasteiger partial charge in [-0.05, 0) is 48.7 Å². The summed E-state index contributed by atoms with van der Waals surface area (Å²) in [4.78, 5) is 16.1. The fourth-order valence-electron chi connectivity index (χ4n) is 3.77. The number of carbonyl (C=O) groups excluding carboxylic acids is 1. The van der Waals surface area contributed by atoms with E-state index in [1.54, 1.807) is 0 Å². The van der Waals surface area contributed by atoms with Gasteiger partial charge in [-0.25, -0.2) is 17.8 Å². The number of hydrogen-bond donors (Lipinski definition) is 3. The first kappa shape index (κ1) is 27.0. The van der Waals surface area contributed by atoms with E-state index in [1.807, 2.05) is 0 Å². The van der Waals surface area contributed by atoms with E-state index in [1.165, 1.54) is 12.1 Å². The van der Waals surface area contributed by atoms with Gasteiger partial charge >= 0.3 is 6.18 Å². The smallest absolute Gasteiger partial charge is 0.367 e. The zero-order valence-corrected chi connectivity index (χ0v) is 20.1. The minimum Gasteiger partial charge on any atom is -0.367 e. The number of nitrogens with one attached hydrogen (secondary N) is 3. The summed E-state index contributed by atoms with van der Waals surface area (Å²) in [5.41, 5.74) is -0.759. The van der Waals surface area contributed by atoms with Crippen LogP contribution in [0, 0.1) is 18.2 Å². The number of alkyl halides is 3. The van der Waals surface area contributed by atoms with E-state index in [-0.39, 0.29) is 40.8 Å². The fourth-order valence-corrected chi connectivity index (χ4v) is 4.38. The molecule has 1 aromatic heterocycles. The van der Waals surface area contributed by atoms with E-state index in [4.69, 9.17) is 6.42 Å². The van der Waals surface area contributed by atoms with Crippen LogP contribution >= 0.6 is 0 Å². The van der Waals surface area contributed by atoms with Gasteiger partial charge < -0.3 is 10.6 Å². The van der Waals surface area contributed by atoms with Gasteiger partial charge in [-0.1, -0.05) is 18.8 Å². The van der Waals surface area contributed by atoms with Gasteiger partial charge in [0, 0.05) is 24.2 Å². The molecule has 7 nitrogen and oxygen atoms in total. The molecule has 0 unspecified atom stereocenters. The Bertz CT molecular complexity index is 1310. The van der Waals surface area contributed by atoms with Crippen LogP contribution in [0.25, 0.3) is 6.08 Å². The monoisotopic (exact) mass is 524 g/mol. The second kappa shape index (κ2) is 11.0. The SMILES string of the molecule is C#Cc1cc(F)cc(CNC(=O)C=Cc2ccc(C(F)(F)F)nc2NC2CCCC2)c1NS(C)(=O)=O. The summed E-state index contributed by atoms with van der Waals surface area (Å²) in [6.45, 7) is -0.272. The summed E-state index contributed by atoms with van der Waals surface area (Å²) in [5.74, 6) is 0.839. The Morgan fingerprint density at radius 2 is 1.94 bits per heavy atom. The van der Waals surface area contributed by atoms with Crippen molar-refractivity contribution in [1.82, 2.24) is 10.3 Å². The Labute approximate surface area is 206 Å². The molecule has 0 aliphatic heterocycles. The number of amides is 1. The summed E-state index contributed by atoms with van der Waals surface area (Å²) >= 11 is 0. The van der Waals surface area contributed by atoms with Crippen molar-refractivity contribution in [3.05, 3.63) is 58.5 Å². The number of carbonyl (C=O) groups is 1. The third-order valence-corrected chi connectivity index (χ3v) is 5.98. The molecule has 192 valence electrons. The van der Waals surface area contributed by atoms with Crippen LogP contribution in [-0.2, 0) is 27.5 Å². The first-order valence-electron chi connectivity index (χ1n) is 10.9. The van der Waals surface area contributed by atoms with E-state index in [9.17, 15) is 30.8 Å². The quantitative estimate of drug-likeness (QED) is 0.272. The summed E-state index contributed by atoms with van der Waals surface area (Å²) in [7, 11) is -3.75. The molecule has 0 radical (unpaired) electrons. The number of anilines is 2. The second-order valence-electron chi connectivity index (χ2n) is 8.31. The molecule has 1 amide bonds. The molecule has 0 spiro atoms. The molecule has 0 saturated heterocycles. The van der Waals surface area contributed by atoms with Gasteiger partial charge in [0.2, 0.25) is 15.9 Å². The zero-order chi connectivity index (χ0) is 26.5. The number of terminal acetylenes is 1. The van der Waals surface area contributed by atoms with E-state index < -0.39 is 33.6 Å². The molecule has 1 saturated carbocycles. The van der Waals surface area contributed by atoms with Crippen LogP contribution in [0.4, 0.5) is 29.1 Å². The van der Waals surface area contributed by atoms with Crippen LogP contribution in [0.1, 0.15) is 48.1 Å². The zero-order valence-electron chi connectivity index (χ0n) is 19.2. The van der Waals surface area contributed by atoms with Gasteiger partial charge in [0.1, 0.15) is 17.3 Å². The summed E-state index contributed by atoms with van der Waals surface area (Å²) in [6.07, 6.45) is 7.57. The van der Waals surface area contributed by atoms with Crippen molar-refractivity contribution in [1.29, 1.82) is 0 Å². The molecular weight excluding hydrogens is 500 g/mol. The fraction of sp³-hybridized carbons (Fsp3) is 0.333. The van der Waals surface area contributed by atoms with Crippen molar-refractivity contribution in [3.8, 4) is 12.3 Å². The third-order valence-electron chi connectivity index (χ3n) is 5.41. The highest BCUT2D eigenvalue weighted by molar-refractivity contribution is 7.92. The molecule has 3 rings (SSSR count). The molecule has 1 fully saturated rings. The Kier molecular flexibility index (Phi) is 8.24. The second-order valence-corrected chi connectivity index (χ2v) is 10.1. The normalized spacial score (nSPS) is 14.6. The first-order chi connectivity index (χ1) is 16.9. The van der Waals surface area contributed by atoms with Gasteiger partial charge in [0.05, 0.1) is 17.5 Å². The van der Waals surface area contributed by atoms with E-state index >= 15 is 0 Å². The minimum atomic E-state index is -4.62. The minimum absolute atomic E-state index is 0.0129. The molecule has 3 N–H and O–H groups in total. The number of benzene rings is 1. The van der Waals surface area contributed by atoms with Crippen LogP contribution in [-0.4, -0.2) is 31.6 Å². The molecular formula is C24H24F4N4O3S. The lowest BCUT2D eigenvalue weighted by molar-refractivity contribution is -0.141. The Morgan fingerprint density at radius 1 is 1.25 bits per heavy atom. The number of hydrogen-bond acceptors (Lipinski definition) is 5. The van der Waals surface area contributed by atoms with Gasteiger partial charge in [0.25, 0.3) is 0 Å². The maximum Gasteiger partial charge on any atom is 0.433 e. The molecule has 0 atom stereocenters. The van der Waals surface area contributed by atoms with Gasteiger partial charge in [-0.2, -0.15) is 13.2 Å². The maximum absolute atomic E-state index is 14.0. The van der Waals surface area contributed by atoms with Crippen molar-refractivity contribution < 1.29 is 30.8 Å². The highest BCUT2D eigenvalue weighted by Gasteiger charge is 2.33. The van der Waals surface area contributed by atoms with Gasteiger partial charge in [0.15, 0.2) is 0 Å². The lowest BCUT2D eigenvalue weighted by atomic mass is 10.1. The topological polar surface area (TPSA) is 100 Å². The van der Waals surface area contributed by atoms with Crippen molar-refractivity contribution in [2.45, 2.75) is 44.4 Å². The number of aromatic nitrogens is 1. The molecule has 2 aromatic rings. The van der Waals surface area contributed by atoms with Crippen molar-refractivity contribution >= 4 is 33.5 Å². The number of halogens is 4. The lowest BCUT2D eigenvalue weighted by Crippen LogP contribution is -2.22. The molecule has 1 aliphatic carbocycles. The summed E-state index contributed by atoms with van der Waals surface area (Å²) in [5, 5.41) is 5.52. The highest BCUT2D eigenvalue weighted by atomic mass is 32.2. The third kappa shape index (κ3) is 7.45. The maximum atomic E-state index is 14.0. The number of sulfonamides is 1. The summed E-state index contributed by atoms with van der Waals surface area (Å²) in [6, 6.07) is 4.05. The molecule has 1 heterocycles. The number of nitrogens with zero attached hydrogens (tertiary/aromatic N) is 1. The Morgan fingerprint density at radius 3 is 2.56 bits per heavy atom.